The number of carbonyl (C=O) groups excluding carboxylic acids is 2. The predicted octanol–water partition coefficient (Wildman–Crippen LogP) is 2.08. The van der Waals surface area contributed by atoms with Crippen LogP contribution in [-0.4, -0.2) is 73.0 Å². The number of ether oxygens (including phenoxy) is 1. The molecular formula is C21H24N4O3S. The molecule has 152 valence electrons. The maximum atomic E-state index is 13.2. The second kappa shape index (κ2) is 8.75. The number of thiophene rings is 1. The first-order chi connectivity index (χ1) is 14.2. The number of hydrogen-bond donors (Lipinski definition) is 0. The minimum absolute atomic E-state index is 0.194. The molecule has 0 saturated carbocycles. The lowest BCUT2D eigenvalue weighted by atomic mass is 10.1. The topological polar surface area (TPSA) is 66.0 Å². The fourth-order valence-corrected chi connectivity index (χ4v) is 4.53. The van der Waals surface area contributed by atoms with Crippen LogP contribution in [0.1, 0.15) is 11.3 Å². The maximum Gasteiger partial charge on any atom is 0.277 e. The Morgan fingerprint density at radius 1 is 1.03 bits per heavy atom. The van der Waals surface area contributed by atoms with Gasteiger partial charge in [-0.1, -0.05) is 12.1 Å². The zero-order valence-corrected chi connectivity index (χ0v) is 17.2. The molecule has 1 saturated heterocycles. The van der Waals surface area contributed by atoms with E-state index in [0.29, 0.717) is 43.9 Å². The van der Waals surface area contributed by atoms with E-state index in [2.05, 4.69) is 14.8 Å². The van der Waals surface area contributed by atoms with Crippen LogP contribution < -0.4 is 4.90 Å². The van der Waals surface area contributed by atoms with Gasteiger partial charge in [-0.2, -0.15) is 0 Å². The second-order valence-electron chi connectivity index (χ2n) is 6.97. The van der Waals surface area contributed by atoms with E-state index in [9.17, 15) is 9.59 Å². The first kappa shape index (κ1) is 19.6. The van der Waals surface area contributed by atoms with Crippen molar-refractivity contribution in [3.05, 3.63) is 52.5 Å². The van der Waals surface area contributed by atoms with Gasteiger partial charge in [0.05, 0.1) is 5.57 Å². The zero-order valence-electron chi connectivity index (χ0n) is 16.4. The monoisotopic (exact) mass is 412 g/mol. The summed E-state index contributed by atoms with van der Waals surface area (Å²) in [4.78, 5) is 37.2. The van der Waals surface area contributed by atoms with Gasteiger partial charge in [0.25, 0.3) is 11.8 Å². The van der Waals surface area contributed by atoms with Crippen molar-refractivity contribution in [2.45, 2.75) is 6.42 Å². The van der Waals surface area contributed by atoms with Crippen LogP contribution in [0.2, 0.25) is 0 Å². The first-order valence-electron chi connectivity index (χ1n) is 9.75. The number of methoxy groups -OCH3 is 1. The Kier molecular flexibility index (Phi) is 5.92. The molecule has 4 heterocycles. The van der Waals surface area contributed by atoms with Gasteiger partial charge in [-0.25, -0.2) is 4.98 Å². The minimum atomic E-state index is -0.198. The number of piperazine rings is 1. The van der Waals surface area contributed by atoms with Crippen molar-refractivity contribution in [2.75, 3.05) is 51.3 Å². The smallest absolute Gasteiger partial charge is 0.277 e. The van der Waals surface area contributed by atoms with Crippen LogP contribution in [0.5, 0.6) is 0 Å². The third-order valence-corrected chi connectivity index (χ3v) is 6.10. The van der Waals surface area contributed by atoms with Crippen molar-refractivity contribution in [3.63, 3.8) is 0 Å². The fourth-order valence-electron chi connectivity index (χ4n) is 3.77. The Hall–Kier alpha value is -2.71. The fraction of sp³-hybridized carbons (Fsp3) is 0.381. The highest BCUT2D eigenvalue weighted by molar-refractivity contribution is 7.11. The van der Waals surface area contributed by atoms with Gasteiger partial charge in [-0.15, -0.1) is 11.3 Å². The number of imide groups is 1. The Morgan fingerprint density at radius 2 is 1.83 bits per heavy atom. The van der Waals surface area contributed by atoms with Gasteiger partial charge in [-0.05, 0) is 30.0 Å². The average molecular weight is 413 g/mol. The van der Waals surface area contributed by atoms with Crippen LogP contribution in [0.25, 0.3) is 5.57 Å². The molecule has 8 heteroatoms. The summed E-state index contributed by atoms with van der Waals surface area (Å²) in [5, 5.41) is 1.93. The molecule has 2 aliphatic heterocycles. The number of aromatic nitrogens is 1. The van der Waals surface area contributed by atoms with Crippen LogP contribution in [0.3, 0.4) is 0 Å². The number of pyridine rings is 1. The van der Waals surface area contributed by atoms with E-state index in [1.54, 1.807) is 13.3 Å². The highest BCUT2D eigenvalue weighted by atomic mass is 32.1. The summed E-state index contributed by atoms with van der Waals surface area (Å²) < 4.78 is 5.09. The Bertz CT molecular complexity index is 890. The summed E-state index contributed by atoms with van der Waals surface area (Å²) in [6, 6.07) is 9.69. The molecule has 2 aliphatic rings. The quantitative estimate of drug-likeness (QED) is 0.513. The zero-order chi connectivity index (χ0) is 20.2. The van der Waals surface area contributed by atoms with E-state index in [-0.39, 0.29) is 11.8 Å². The molecule has 2 amide bonds. The average Bonchev–Trinajstić information content (AvgIpc) is 3.37. The van der Waals surface area contributed by atoms with Crippen molar-refractivity contribution in [2.24, 2.45) is 0 Å². The van der Waals surface area contributed by atoms with Gasteiger partial charge >= 0.3 is 0 Å². The minimum Gasteiger partial charge on any atom is -0.385 e. The molecule has 0 N–H and O–H groups in total. The molecule has 1 fully saturated rings. The van der Waals surface area contributed by atoms with Gasteiger partial charge in [0, 0.05) is 57.5 Å². The van der Waals surface area contributed by atoms with E-state index < -0.39 is 0 Å². The molecule has 0 atom stereocenters. The molecule has 0 unspecified atom stereocenters. The number of nitrogens with zero attached hydrogens (tertiary/aromatic N) is 4. The Morgan fingerprint density at radius 3 is 2.48 bits per heavy atom. The number of hydrogen-bond acceptors (Lipinski definition) is 7. The van der Waals surface area contributed by atoms with E-state index in [1.165, 1.54) is 16.2 Å². The van der Waals surface area contributed by atoms with E-state index in [1.807, 2.05) is 35.7 Å². The van der Waals surface area contributed by atoms with Crippen molar-refractivity contribution in [1.29, 1.82) is 0 Å². The highest BCUT2D eigenvalue weighted by Gasteiger charge is 2.42. The number of rotatable bonds is 7. The van der Waals surface area contributed by atoms with Gasteiger partial charge in [0.1, 0.15) is 11.5 Å². The molecule has 0 bridgehead atoms. The van der Waals surface area contributed by atoms with E-state index in [4.69, 9.17) is 4.74 Å². The van der Waals surface area contributed by atoms with Crippen LogP contribution in [0.4, 0.5) is 5.82 Å². The molecule has 0 aliphatic carbocycles. The summed E-state index contributed by atoms with van der Waals surface area (Å²) in [5.41, 5.74) is 1.07. The Balaban J connectivity index is 1.56. The molecule has 29 heavy (non-hydrogen) atoms. The molecule has 2 aromatic heterocycles. The summed E-state index contributed by atoms with van der Waals surface area (Å²) in [6.45, 7) is 3.74. The summed E-state index contributed by atoms with van der Waals surface area (Å²) in [6.07, 6.45) is 2.42. The number of carbonyl (C=O) groups is 2. The summed E-state index contributed by atoms with van der Waals surface area (Å²) in [5.74, 6) is 0.547. The van der Waals surface area contributed by atoms with Gasteiger partial charge in [0.2, 0.25) is 0 Å². The molecule has 4 rings (SSSR count). The first-order valence-corrected chi connectivity index (χ1v) is 10.6. The van der Waals surface area contributed by atoms with Crippen LogP contribution in [-0.2, 0) is 14.3 Å². The van der Waals surface area contributed by atoms with Crippen molar-refractivity contribution in [3.8, 4) is 0 Å². The number of amides is 2. The normalized spacial score (nSPS) is 17.6. The molecule has 7 nitrogen and oxygen atoms in total. The second-order valence-corrected chi connectivity index (χ2v) is 7.92. The lowest BCUT2D eigenvalue weighted by Gasteiger charge is -2.37. The maximum absolute atomic E-state index is 13.2. The third kappa shape index (κ3) is 3.90. The van der Waals surface area contributed by atoms with Crippen molar-refractivity contribution < 1.29 is 14.3 Å². The van der Waals surface area contributed by atoms with Crippen LogP contribution >= 0.6 is 11.3 Å². The van der Waals surface area contributed by atoms with Gasteiger partial charge in [-0.3, -0.25) is 14.5 Å². The lowest BCUT2D eigenvalue weighted by Crippen LogP contribution is -2.48. The molecular weight excluding hydrogens is 388 g/mol. The summed E-state index contributed by atoms with van der Waals surface area (Å²) >= 11 is 1.49. The van der Waals surface area contributed by atoms with Gasteiger partial charge < -0.3 is 14.5 Å². The molecule has 0 aromatic carbocycles. The Labute approximate surface area is 174 Å². The number of anilines is 1. The SMILES string of the molecule is COCCCN1C(=O)C(c2cccs2)=C(N2CCN(c3ccccn3)CC2)C1=O. The van der Waals surface area contributed by atoms with E-state index >= 15 is 0 Å². The van der Waals surface area contributed by atoms with Crippen LogP contribution in [0, 0.1) is 0 Å². The molecule has 2 aromatic rings. The molecule has 0 radical (unpaired) electrons. The lowest BCUT2D eigenvalue weighted by molar-refractivity contribution is -0.137. The van der Waals surface area contributed by atoms with Crippen molar-refractivity contribution >= 4 is 34.5 Å². The molecule has 0 spiro atoms. The van der Waals surface area contributed by atoms with Gasteiger partial charge in [0.15, 0.2) is 0 Å². The van der Waals surface area contributed by atoms with E-state index in [0.717, 1.165) is 23.8 Å². The highest BCUT2D eigenvalue weighted by Crippen LogP contribution is 2.34. The summed E-state index contributed by atoms with van der Waals surface area (Å²) in [7, 11) is 1.62. The third-order valence-electron chi connectivity index (χ3n) is 5.21. The standard InChI is InChI=1S/C21H24N4O3S/c1-28-14-5-9-25-20(26)18(16-6-4-15-29-16)19(21(25)27)24-12-10-23(11-13-24)17-7-2-3-8-22-17/h2-4,6-8,15H,5,9-14H2,1H3. The van der Waals surface area contributed by atoms with Crippen LogP contribution in [0.15, 0.2) is 47.6 Å². The largest absolute Gasteiger partial charge is 0.385 e. The van der Waals surface area contributed by atoms with Crippen molar-refractivity contribution in [1.82, 2.24) is 14.8 Å². The predicted molar refractivity (Wildman–Crippen MR) is 112 cm³/mol.